The number of hydrogen-bond acceptors (Lipinski definition) is 6. The maximum Gasteiger partial charge on any atom is 0.265 e. The van der Waals surface area contributed by atoms with Gasteiger partial charge < -0.3 is 10.2 Å². The van der Waals surface area contributed by atoms with Gasteiger partial charge in [-0.2, -0.15) is 0 Å². The molecule has 3 unspecified atom stereocenters. The van der Waals surface area contributed by atoms with E-state index in [1.54, 1.807) is 0 Å². The lowest BCUT2D eigenvalue weighted by Crippen LogP contribution is -2.40. The van der Waals surface area contributed by atoms with Crippen LogP contribution in [0.3, 0.4) is 0 Å². The molecule has 6 nitrogen and oxygen atoms in total. The maximum absolute atomic E-state index is 13.4. The van der Waals surface area contributed by atoms with Crippen LogP contribution in [-0.2, 0) is 5.41 Å². The van der Waals surface area contributed by atoms with Gasteiger partial charge in [-0.05, 0) is 69.2 Å². The molecule has 0 saturated carbocycles. The fourth-order valence-corrected chi connectivity index (χ4v) is 5.87. The number of carbonyl (C=O) groups is 1. The van der Waals surface area contributed by atoms with Crippen molar-refractivity contribution in [3.8, 4) is 0 Å². The predicted octanol–water partition coefficient (Wildman–Crippen LogP) is 6.21. The summed E-state index contributed by atoms with van der Waals surface area (Å²) in [6, 6.07) is 10.1. The first-order valence-corrected chi connectivity index (χ1v) is 13.4. The molecule has 1 amide bonds. The number of nitrogens with zero attached hydrogens (tertiary/aromatic N) is 3. The van der Waals surface area contributed by atoms with Crippen LogP contribution in [0.15, 0.2) is 48.0 Å². The van der Waals surface area contributed by atoms with E-state index in [4.69, 9.17) is 9.97 Å². The molecule has 1 saturated heterocycles. The van der Waals surface area contributed by atoms with Gasteiger partial charge in [0.25, 0.3) is 5.91 Å². The van der Waals surface area contributed by atoms with E-state index in [2.05, 4.69) is 63.1 Å². The number of carbonyl (C=O) groups excluding carboxylic acids is 1. The van der Waals surface area contributed by atoms with Crippen molar-refractivity contribution in [2.24, 2.45) is 11.8 Å². The van der Waals surface area contributed by atoms with Gasteiger partial charge in [0, 0.05) is 41.2 Å². The summed E-state index contributed by atoms with van der Waals surface area (Å²) in [5, 5.41) is 4.36. The van der Waals surface area contributed by atoms with Gasteiger partial charge in [0.1, 0.15) is 16.7 Å². The van der Waals surface area contributed by atoms with Gasteiger partial charge >= 0.3 is 0 Å². The summed E-state index contributed by atoms with van der Waals surface area (Å²) in [5.41, 5.74) is 1.39. The minimum absolute atomic E-state index is 0.102. The molecule has 2 N–H and O–H groups in total. The molecule has 2 aliphatic rings. The Labute approximate surface area is 214 Å². The van der Waals surface area contributed by atoms with Crippen molar-refractivity contribution in [1.82, 2.24) is 14.7 Å². The number of amides is 1. The highest BCUT2D eigenvalue weighted by molar-refractivity contribution is 7.97. The number of aromatic nitrogens is 2. The summed E-state index contributed by atoms with van der Waals surface area (Å²) in [5.74, 6) is 2.44. The van der Waals surface area contributed by atoms with Crippen LogP contribution in [-0.4, -0.2) is 34.0 Å². The molecule has 0 radical (unpaired) electrons. The van der Waals surface area contributed by atoms with Gasteiger partial charge in [0.2, 0.25) is 0 Å². The molecular formula is C28H39N5OS. The number of hydrogen-bond donors (Lipinski definition) is 2. The predicted molar refractivity (Wildman–Crippen MR) is 146 cm³/mol. The first-order valence-electron chi connectivity index (χ1n) is 12.6. The average molecular weight is 494 g/mol. The lowest BCUT2D eigenvalue weighted by Gasteiger charge is -2.34. The monoisotopic (exact) mass is 493 g/mol. The topological polar surface area (TPSA) is 70.2 Å². The van der Waals surface area contributed by atoms with Crippen molar-refractivity contribution in [1.29, 1.82) is 0 Å². The van der Waals surface area contributed by atoms with E-state index in [1.807, 2.05) is 36.4 Å². The molecule has 0 spiro atoms. The minimum Gasteiger partial charge on any atom is -0.367 e. The van der Waals surface area contributed by atoms with Crippen LogP contribution in [0.4, 0.5) is 11.6 Å². The van der Waals surface area contributed by atoms with Gasteiger partial charge in [-0.3, -0.25) is 9.52 Å². The Balaban J connectivity index is 1.79. The molecule has 2 aromatic heterocycles. The molecule has 4 rings (SSSR count). The molecule has 1 fully saturated rings. The van der Waals surface area contributed by atoms with E-state index in [0.717, 1.165) is 48.2 Å². The van der Waals surface area contributed by atoms with E-state index in [1.165, 1.54) is 11.9 Å². The van der Waals surface area contributed by atoms with E-state index in [-0.39, 0.29) is 22.9 Å². The van der Waals surface area contributed by atoms with Crippen LogP contribution in [0.25, 0.3) is 0 Å². The molecular weight excluding hydrogens is 454 g/mol. The summed E-state index contributed by atoms with van der Waals surface area (Å²) in [4.78, 5) is 25.6. The summed E-state index contributed by atoms with van der Waals surface area (Å²) >= 11 is 1.24. The normalized spacial score (nSPS) is 24.5. The highest BCUT2D eigenvalue weighted by atomic mass is 32.2. The first kappa shape index (κ1) is 25.5. The molecule has 4 bridgehead atoms. The van der Waals surface area contributed by atoms with Gasteiger partial charge in [0.05, 0.1) is 5.56 Å². The van der Waals surface area contributed by atoms with Gasteiger partial charge in [-0.1, -0.05) is 39.8 Å². The van der Waals surface area contributed by atoms with E-state index >= 15 is 0 Å². The highest BCUT2D eigenvalue weighted by Gasteiger charge is 2.43. The zero-order chi connectivity index (χ0) is 25.4. The molecule has 2 aliphatic heterocycles. The Kier molecular flexibility index (Phi) is 7.18. The van der Waals surface area contributed by atoms with Crippen LogP contribution < -0.4 is 14.9 Å². The second-order valence-corrected chi connectivity index (χ2v) is 12.5. The minimum atomic E-state index is -0.148. The highest BCUT2D eigenvalue weighted by Crippen LogP contribution is 2.42. The second-order valence-electron chi connectivity index (χ2n) is 11.7. The molecule has 0 aromatic carbocycles. The Morgan fingerprint density at radius 1 is 1.23 bits per heavy atom. The molecule has 7 heteroatoms. The largest absolute Gasteiger partial charge is 0.367 e. The zero-order valence-electron chi connectivity index (χ0n) is 21.9. The van der Waals surface area contributed by atoms with Crippen LogP contribution in [0.2, 0.25) is 0 Å². The number of nitrogens with one attached hydrogen (secondary N) is 2. The third kappa shape index (κ3) is 5.66. The van der Waals surface area contributed by atoms with Crippen molar-refractivity contribution < 1.29 is 4.79 Å². The first-order chi connectivity index (χ1) is 16.5. The van der Waals surface area contributed by atoms with Gasteiger partial charge in [0.15, 0.2) is 0 Å². The van der Waals surface area contributed by atoms with Crippen molar-refractivity contribution in [2.45, 2.75) is 82.8 Å². The fourth-order valence-electron chi connectivity index (χ4n) is 5.27. The standard InChI is InChI=1S/C28H39N5OS/c1-8-10-20-15-18(2)19-16-28(6,7)33(17-19)25-21(13-14-22(30-25)27(3,4)5)26(34)32-35-24-12-9-11-23(29-20)31-24/h8-9,11-14,18-20H,1,10,15-17H2,2-7H3,(H,29,31)(H,32,34). The smallest absolute Gasteiger partial charge is 0.265 e. The van der Waals surface area contributed by atoms with Crippen LogP contribution in [0, 0.1) is 11.8 Å². The Hall–Kier alpha value is -2.54. The summed E-state index contributed by atoms with van der Waals surface area (Å²) in [6.45, 7) is 18.3. The molecule has 3 atom stereocenters. The van der Waals surface area contributed by atoms with E-state index in [9.17, 15) is 4.79 Å². The lowest BCUT2D eigenvalue weighted by atomic mass is 9.83. The third-order valence-electron chi connectivity index (χ3n) is 7.29. The lowest BCUT2D eigenvalue weighted by molar-refractivity contribution is 0.0984. The summed E-state index contributed by atoms with van der Waals surface area (Å²) in [6.07, 6.45) is 4.94. The van der Waals surface area contributed by atoms with E-state index < -0.39 is 0 Å². The molecule has 0 aliphatic carbocycles. The fraction of sp³-hybridized carbons (Fsp3) is 0.536. The van der Waals surface area contributed by atoms with Crippen LogP contribution in [0.1, 0.15) is 76.9 Å². The molecule has 4 heterocycles. The quantitative estimate of drug-likeness (QED) is 0.383. The molecule has 2 aromatic rings. The number of anilines is 2. The Morgan fingerprint density at radius 2 is 2.00 bits per heavy atom. The average Bonchev–Trinajstić information content (AvgIpc) is 3.11. The van der Waals surface area contributed by atoms with Crippen molar-refractivity contribution >= 4 is 29.5 Å². The Bertz CT molecular complexity index is 1090. The number of rotatable bonds is 2. The van der Waals surface area contributed by atoms with Crippen molar-refractivity contribution in [2.75, 3.05) is 16.8 Å². The van der Waals surface area contributed by atoms with Crippen molar-refractivity contribution in [3.05, 3.63) is 54.2 Å². The third-order valence-corrected chi connectivity index (χ3v) is 8.01. The Morgan fingerprint density at radius 3 is 2.71 bits per heavy atom. The van der Waals surface area contributed by atoms with Gasteiger partial charge in [-0.25, -0.2) is 9.97 Å². The summed E-state index contributed by atoms with van der Waals surface area (Å²) < 4.78 is 3.01. The molecule has 188 valence electrons. The van der Waals surface area contributed by atoms with Crippen molar-refractivity contribution in [3.63, 3.8) is 0 Å². The molecule has 35 heavy (non-hydrogen) atoms. The van der Waals surface area contributed by atoms with Crippen LogP contribution >= 0.6 is 11.9 Å². The van der Waals surface area contributed by atoms with E-state index in [0.29, 0.717) is 17.4 Å². The summed E-state index contributed by atoms with van der Waals surface area (Å²) in [7, 11) is 0. The maximum atomic E-state index is 13.4. The number of fused-ring (bicyclic) bond motifs is 6. The zero-order valence-corrected chi connectivity index (χ0v) is 22.7. The second kappa shape index (κ2) is 9.84. The SMILES string of the molecule is C=CCC1CC(C)C2CN(c3nc(C(C)(C)C)ccc3C(=O)NSc3cccc(n3)N1)C(C)(C)C2. The number of pyridine rings is 2. The van der Waals surface area contributed by atoms with Crippen LogP contribution in [0.5, 0.6) is 0 Å². The van der Waals surface area contributed by atoms with Gasteiger partial charge in [-0.15, -0.1) is 6.58 Å².